The van der Waals surface area contributed by atoms with Crippen molar-refractivity contribution in [3.05, 3.63) is 92.5 Å². The number of hydrogen-bond donors (Lipinski definition) is 0. The molecule has 0 saturated carbocycles. The van der Waals surface area contributed by atoms with Gasteiger partial charge in [0.25, 0.3) is 5.69 Å². The Bertz CT molecular complexity index is 1170. The Labute approximate surface area is 194 Å². The third-order valence-corrected chi connectivity index (χ3v) is 6.48. The van der Waals surface area contributed by atoms with E-state index >= 15 is 0 Å². The molecule has 0 spiro atoms. The molecule has 6 heteroatoms. The molecule has 3 aromatic rings. The van der Waals surface area contributed by atoms with Gasteiger partial charge < -0.3 is 14.2 Å². The molecule has 0 fully saturated rings. The summed E-state index contributed by atoms with van der Waals surface area (Å²) in [7, 11) is 0. The van der Waals surface area contributed by atoms with Crippen LogP contribution < -0.4 is 14.2 Å². The highest BCUT2D eigenvalue weighted by atomic mass is 16.6. The standard InChI is InChI=1S/C27H29NO5/c1-17-18(2)26-24(19(3)25(17)32-15-20-9-7-6-8-10-20)23(27(4,5)33-26)16-31-22-13-11-21(12-14-22)28(29)30/h6-14,23H,15-16H2,1-5H3. The molecule has 0 aromatic heterocycles. The Morgan fingerprint density at radius 1 is 0.939 bits per heavy atom. The minimum atomic E-state index is -0.469. The predicted molar refractivity (Wildman–Crippen MR) is 127 cm³/mol. The van der Waals surface area contributed by atoms with Crippen molar-refractivity contribution in [1.82, 2.24) is 0 Å². The Hall–Kier alpha value is -3.54. The Balaban J connectivity index is 1.62. The molecule has 0 saturated heterocycles. The number of fused-ring (bicyclic) bond motifs is 1. The van der Waals surface area contributed by atoms with Gasteiger partial charge in [0.15, 0.2) is 0 Å². The van der Waals surface area contributed by atoms with Gasteiger partial charge in [-0.25, -0.2) is 0 Å². The van der Waals surface area contributed by atoms with Crippen molar-refractivity contribution in [2.24, 2.45) is 0 Å². The van der Waals surface area contributed by atoms with Gasteiger partial charge in [-0.3, -0.25) is 10.1 Å². The van der Waals surface area contributed by atoms with Crippen LogP contribution in [0.1, 0.15) is 47.6 Å². The molecule has 1 aliphatic rings. The van der Waals surface area contributed by atoms with Gasteiger partial charge in [0.05, 0.1) is 17.4 Å². The molecule has 0 amide bonds. The SMILES string of the molecule is Cc1c(C)c2c(c(C)c1OCc1ccccc1)C(COc1ccc([N+](=O)[O-])cc1)C(C)(C)O2. The zero-order chi connectivity index (χ0) is 23.8. The molecule has 0 radical (unpaired) electrons. The van der Waals surface area contributed by atoms with Crippen LogP contribution in [0, 0.1) is 30.9 Å². The maximum absolute atomic E-state index is 10.9. The Kier molecular flexibility index (Phi) is 6.02. The number of benzene rings is 3. The Morgan fingerprint density at radius 3 is 2.24 bits per heavy atom. The number of nitro groups is 1. The summed E-state index contributed by atoms with van der Waals surface area (Å²) in [6, 6.07) is 16.3. The number of nitro benzene ring substituents is 1. The third kappa shape index (κ3) is 4.38. The van der Waals surface area contributed by atoms with Crippen molar-refractivity contribution >= 4 is 5.69 Å². The number of non-ortho nitro benzene ring substituents is 1. The number of rotatable bonds is 7. The van der Waals surface area contributed by atoms with Gasteiger partial charge in [0.2, 0.25) is 0 Å². The average molecular weight is 448 g/mol. The van der Waals surface area contributed by atoms with E-state index < -0.39 is 10.5 Å². The summed E-state index contributed by atoms with van der Waals surface area (Å²) in [5.74, 6) is 2.35. The van der Waals surface area contributed by atoms with Gasteiger partial charge in [0.1, 0.15) is 29.5 Å². The van der Waals surface area contributed by atoms with Crippen LogP contribution >= 0.6 is 0 Å². The molecule has 1 heterocycles. The molecule has 0 bridgehead atoms. The summed E-state index contributed by atoms with van der Waals surface area (Å²) >= 11 is 0. The molecule has 4 rings (SSSR count). The zero-order valence-electron chi connectivity index (χ0n) is 19.7. The van der Waals surface area contributed by atoms with E-state index in [0.29, 0.717) is 19.0 Å². The van der Waals surface area contributed by atoms with E-state index in [1.165, 1.54) is 12.1 Å². The van der Waals surface area contributed by atoms with E-state index in [-0.39, 0.29) is 11.6 Å². The van der Waals surface area contributed by atoms with Crippen LogP contribution in [0.4, 0.5) is 5.69 Å². The van der Waals surface area contributed by atoms with E-state index in [0.717, 1.165) is 39.3 Å². The van der Waals surface area contributed by atoms with Crippen LogP contribution in [0.3, 0.4) is 0 Å². The minimum Gasteiger partial charge on any atom is -0.493 e. The second-order valence-electron chi connectivity index (χ2n) is 9.04. The Morgan fingerprint density at radius 2 is 1.61 bits per heavy atom. The molecular weight excluding hydrogens is 418 g/mol. The summed E-state index contributed by atoms with van der Waals surface area (Å²) in [4.78, 5) is 10.5. The first-order valence-electron chi connectivity index (χ1n) is 11.1. The largest absolute Gasteiger partial charge is 0.493 e. The van der Waals surface area contributed by atoms with Crippen LogP contribution in [-0.2, 0) is 6.61 Å². The second kappa shape index (κ2) is 8.77. The number of hydrogen-bond acceptors (Lipinski definition) is 5. The first kappa shape index (κ1) is 22.6. The van der Waals surface area contributed by atoms with Gasteiger partial charge in [0, 0.05) is 17.7 Å². The molecule has 1 unspecified atom stereocenters. The highest BCUT2D eigenvalue weighted by Gasteiger charge is 2.44. The molecule has 6 nitrogen and oxygen atoms in total. The summed E-state index contributed by atoms with van der Waals surface area (Å²) in [5.41, 5.74) is 5.01. The molecule has 3 aromatic carbocycles. The van der Waals surface area contributed by atoms with Crippen LogP contribution in [0.25, 0.3) is 0 Å². The second-order valence-corrected chi connectivity index (χ2v) is 9.04. The van der Waals surface area contributed by atoms with Crippen LogP contribution in [0.2, 0.25) is 0 Å². The fraction of sp³-hybridized carbons (Fsp3) is 0.333. The lowest BCUT2D eigenvalue weighted by molar-refractivity contribution is -0.384. The van der Waals surface area contributed by atoms with E-state index in [1.807, 2.05) is 18.2 Å². The van der Waals surface area contributed by atoms with Crippen molar-refractivity contribution in [3.8, 4) is 17.2 Å². The van der Waals surface area contributed by atoms with Crippen molar-refractivity contribution in [3.63, 3.8) is 0 Å². The molecular formula is C27H29NO5. The first-order valence-corrected chi connectivity index (χ1v) is 11.1. The van der Waals surface area contributed by atoms with Gasteiger partial charge in [-0.1, -0.05) is 30.3 Å². The van der Waals surface area contributed by atoms with Crippen molar-refractivity contribution in [1.29, 1.82) is 0 Å². The van der Waals surface area contributed by atoms with E-state index in [9.17, 15) is 10.1 Å². The maximum atomic E-state index is 10.9. The minimum absolute atomic E-state index is 0.0268. The number of nitrogens with zero attached hydrogens (tertiary/aromatic N) is 1. The quantitative estimate of drug-likeness (QED) is 0.308. The van der Waals surface area contributed by atoms with Crippen molar-refractivity contribution in [2.45, 2.75) is 52.7 Å². The summed E-state index contributed by atoms with van der Waals surface area (Å²) in [5, 5.41) is 10.9. The summed E-state index contributed by atoms with van der Waals surface area (Å²) in [6.07, 6.45) is 0. The molecule has 1 atom stereocenters. The van der Waals surface area contributed by atoms with E-state index in [2.05, 4.69) is 46.8 Å². The van der Waals surface area contributed by atoms with Crippen LogP contribution in [0.15, 0.2) is 54.6 Å². The lowest BCUT2D eigenvalue weighted by Gasteiger charge is -2.27. The van der Waals surface area contributed by atoms with Gasteiger partial charge >= 0.3 is 0 Å². The lowest BCUT2D eigenvalue weighted by atomic mass is 9.83. The third-order valence-electron chi connectivity index (χ3n) is 6.48. The highest BCUT2D eigenvalue weighted by molar-refractivity contribution is 5.62. The smallest absolute Gasteiger partial charge is 0.269 e. The predicted octanol–water partition coefficient (Wildman–Crippen LogP) is 6.43. The topological polar surface area (TPSA) is 70.8 Å². The monoisotopic (exact) mass is 447 g/mol. The normalized spacial score (nSPS) is 16.1. The summed E-state index contributed by atoms with van der Waals surface area (Å²) in [6.45, 7) is 11.2. The van der Waals surface area contributed by atoms with Gasteiger partial charge in [-0.15, -0.1) is 0 Å². The zero-order valence-corrected chi connectivity index (χ0v) is 19.7. The molecule has 172 valence electrons. The van der Waals surface area contributed by atoms with Crippen molar-refractivity contribution in [2.75, 3.05) is 6.61 Å². The molecule has 1 aliphatic heterocycles. The van der Waals surface area contributed by atoms with Gasteiger partial charge in [-0.05, 0) is 69.0 Å². The van der Waals surface area contributed by atoms with E-state index in [1.54, 1.807) is 12.1 Å². The first-order chi connectivity index (χ1) is 15.7. The molecule has 0 N–H and O–H groups in total. The average Bonchev–Trinajstić information content (AvgIpc) is 3.07. The van der Waals surface area contributed by atoms with E-state index in [4.69, 9.17) is 14.2 Å². The molecule has 0 aliphatic carbocycles. The fourth-order valence-corrected chi connectivity index (χ4v) is 4.42. The van der Waals surface area contributed by atoms with Crippen LogP contribution in [-0.4, -0.2) is 17.1 Å². The lowest BCUT2D eigenvalue weighted by Crippen LogP contribution is -2.34. The van der Waals surface area contributed by atoms with Gasteiger partial charge in [-0.2, -0.15) is 0 Å². The van der Waals surface area contributed by atoms with Crippen molar-refractivity contribution < 1.29 is 19.1 Å². The number of ether oxygens (including phenoxy) is 3. The maximum Gasteiger partial charge on any atom is 0.269 e. The fourth-order valence-electron chi connectivity index (χ4n) is 4.42. The summed E-state index contributed by atoms with van der Waals surface area (Å²) < 4.78 is 18.8. The highest BCUT2D eigenvalue weighted by Crippen LogP contribution is 2.51. The molecule has 33 heavy (non-hydrogen) atoms. The van der Waals surface area contributed by atoms with Crippen LogP contribution in [0.5, 0.6) is 17.2 Å².